The van der Waals surface area contributed by atoms with E-state index in [1.165, 1.54) is 10.9 Å². The van der Waals surface area contributed by atoms with Gasteiger partial charge in [0.25, 0.3) is 5.91 Å². The average Bonchev–Trinajstić information content (AvgIpc) is 3.09. The summed E-state index contributed by atoms with van der Waals surface area (Å²) in [6, 6.07) is 7.18. The van der Waals surface area contributed by atoms with Gasteiger partial charge in [0.05, 0.1) is 25.0 Å². The highest BCUT2D eigenvalue weighted by Gasteiger charge is 2.47. The van der Waals surface area contributed by atoms with Gasteiger partial charge >= 0.3 is 0 Å². The number of carbonyl (C=O) groups excluding carboxylic acids is 1. The fraction of sp³-hybridized carbons (Fsp3) is 0.267. The molecule has 1 amide bonds. The summed E-state index contributed by atoms with van der Waals surface area (Å²) >= 11 is 5.96. The maximum Gasteiger partial charge on any atom is 0.270 e. The van der Waals surface area contributed by atoms with Crippen LogP contribution in [0.15, 0.2) is 30.5 Å². The molecule has 1 saturated heterocycles. The van der Waals surface area contributed by atoms with Crippen LogP contribution in [0.4, 0.5) is 0 Å². The highest BCUT2D eigenvalue weighted by Crippen LogP contribution is 2.32. The number of rotatable bonds is 2. The van der Waals surface area contributed by atoms with Crippen LogP contribution in [0.3, 0.4) is 0 Å². The van der Waals surface area contributed by atoms with Gasteiger partial charge in [-0.1, -0.05) is 16.8 Å². The second-order valence-electron chi connectivity index (χ2n) is 5.85. The monoisotopic (exact) mass is 331 g/mol. The highest BCUT2D eigenvalue weighted by molar-refractivity contribution is 6.31. The third-order valence-electron chi connectivity index (χ3n) is 4.20. The number of hydrogen-bond acceptors (Lipinski definition) is 4. The Bertz CT molecular complexity index is 910. The molecule has 23 heavy (non-hydrogen) atoms. The molecule has 1 aliphatic heterocycles. The molecule has 0 saturated carbocycles. The maximum absolute atomic E-state index is 12.5. The Hall–Kier alpha value is -2.38. The molecule has 4 rings (SSSR count). The Morgan fingerprint density at radius 2 is 2.17 bits per heavy atom. The Kier molecular flexibility index (Phi) is 2.97. The van der Waals surface area contributed by atoms with Crippen LogP contribution in [0.25, 0.3) is 10.9 Å². The molecule has 2 N–H and O–H groups in total. The fourth-order valence-corrected chi connectivity index (χ4v) is 3.17. The molecular weight excluding hydrogens is 318 g/mol. The summed E-state index contributed by atoms with van der Waals surface area (Å²) in [5.41, 5.74) is 0.838. The van der Waals surface area contributed by atoms with E-state index in [9.17, 15) is 9.90 Å². The number of carbonyl (C=O) groups is 1. The summed E-state index contributed by atoms with van der Waals surface area (Å²) < 4.78 is 1.52. The number of fused-ring (bicyclic) bond motifs is 1. The van der Waals surface area contributed by atoms with Gasteiger partial charge in [-0.25, -0.2) is 4.68 Å². The summed E-state index contributed by atoms with van der Waals surface area (Å²) in [5, 5.41) is 19.7. The molecule has 0 unspecified atom stereocenters. The zero-order valence-corrected chi connectivity index (χ0v) is 13.1. The van der Waals surface area contributed by atoms with Gasteiger partial charge in [-0.3, -0.25) is 4.79 Å². The first-order chi connectivity index (χ1) is 11.0. The first kappa shape index (κ1) is 14.2. The fourth-order valence-electron chi connectivity index (χ4n) is 2.99. The molecule has 0 bridgehead atoms. The molecule has 8 heteroatoms. The molecule has 0 atom stereocenters. The maximum atomic E-state index is 12.5. The Labute approximate surface area is 136 Å². The van der Waals surface area contributed by atoms with E-state index in [1.807, 2.05) is 6.07 Å². The number of aromatic amines is 1. The second kappa shape index (κ2) is 4.81. The van der Waals surface area contributed by atoms with Crippen molar-refractivity contribution in [2.24, 2.45) is 7.05 Å². The van der Waals surface area contributed by atoms with E-state index in [0.717, 1.165) is 10.9 Å². The lowest BCUT2D eigenvalue weighted by Crippen LogP contribution is -2.61. The van der Waals surface area contributed by atoms with Crippen molar-refractivity contribution >= 4 is 28.4 Å². The summed E-state index contributed by atoms with van der Waals surface area (Å²) in [7, 11) is 1.71. The van der Waals surface area contributed by atoms with E-state index in [1.54, 1.807) is 30.1 Å². The number of aliphatic hydroxyl groups is 1. The number of aromatic nitrogens is 4. The van der Waals surface area contributed by atoms with Gasteiger partial charge in [0.15, 0.2) is 0 Å². The van der Waals surface area contributed by atoms with Crippen molar-refractivity contribution in [3.8, 4) is 0 Å². The van der Waals surface area contributed by atoms with Crippen LogP contribution in [0.1, 0.15) is 16.2 Å². The normalized spacial score (nSPS) is 16.6. The first-order valence-electron chi connectivity index (χ1n) is 7.11. The van der Waals surface area contributed by atoms with Gasteiger partial charge in [0.1, 0.15) is 11.3 Å². The van der Waals surface area contributed by atoms with E-state index in [4.69, 9.17) is 11.6 Å². The lowest BCUT2D eigenvalue weighted by molar-refractivity contribution is -0.0915. The van der Waals surface area contributed by atoms with Crippen molar-refractivity contribution < 1.29 is 9.90 Å². The van der Waals surface area contributed by atoms with Gasteiger partial charge < -0.3 is 15.0 Å². The van der Waals surface area contributed by atoms with Crippen LogP contribution in [-0.4, -0.2) is 49.0 Å². The largest absolute Gasteiger partial charge is 0.380 e. The summed E-state index contributed by atoms with van der Waals surface area (Å²) in [5.74, 6) is -0.155. The molecule has 1 aromatic carbocycles. The van der Waals surface area contributed by atoms with Crippen LogP contribution in [0.5, 0.6) is 0 Å². The zero-order valence-electron chi connectivity index (χ0n) is 12.3. The van der Waals surface area contributed by atoms with Crippen LogP contribution in [0.2, 0.25) is 5.02 Å². The van der Waals surface area contributed by atoms with Crippen molar-refractivity contribution in [3.63, 3.8) is 0 Å². The Morgan fingerprint density at radius 3 is 2.87 bits per heavy atom. The quantitative estimate of drug-likeness (QED) is 0.741. The van der Waals surface area contributed by atoms with Crippen LogP contribution in [-0.2, 0) is 12.6 Å². The molecule has 0 radical (unpaired) electrons. The van der Waals surface area contributed by atoms with E-state index in [2.05, 4.69) is 15.3 Å². The van der Waals surface area contributed by atoms with Gasteiger partial charge in [-0.15, -0.1) is 5.10 Å². The van der Waals surface area contributed by atoms with Crippen molar-refractivity contribution in [2.75, 3.05) is 13.1 Å². The topological polar surface area (TPSA) is 87.0 Å². The SMILES string of the molecule is Cn1nncc1C1(O)CN(C(=O)c2cc3cc(Cl)ccc3[nH]2)C1. The number of nitrogens with zero attached hydrogens (tertiary/aromatic N) is 4. The van der Waals surface area contributed by atoms with Crippen molar-refractivity contribution in [2.45, 2.75) is 5.60 Å². The van der Waals surface area contributed by atoms with Gasteiger partial charge in [-0.2, -0.15) is 0 Å². The Balaban J connectivity index is 1.55. The third-order valence-corrected chi connectivity index (χ3v) is 4.43. The number of hydrogen-bond donors (Lipinski definition) is 2. The number of benzene rings is 1. The number of nitrogens with one attached hydrogen (secondary N) is 1. The molecule has 118 valence electrons. The molecule has 1 aliphatic rings. The average molecular weight is 332 g/mol. The molecule has 3 heterocycles. The van der Waals surface area contributed by atoms with Crippen LogP contribution >= 0.6 is 11.6 Å². The van der Waals surface area contributed by atoms with Crippen molar-refractivity contribution in [1.29, 1.82) is 0 Å². The number of likely N-dealkylation sites (tertiary alicyclic amines) is 1. The lowest BCUT2D eigenvalue weighted by atomic mass is 9.90. The molecule has 3 aromatic rings. The molecule has 0 aliphatic carbocycles. The van der Waals surface area contributed by atoms with Crippen LogP contribution < -0.4 is 0 Å². The highest BCUT2D eigenvalue weighted by atomic mass is 35.5. The zero-order chi connectivity index (χ0) is 16.2. The first-order valence-corrected chi connectivity index (χ1v) is 7.49. The minimum atomic E-state index is -1.09. The smallest absolute Gasteiger partial charge is 0.270 e. The number of amides is 1. The molecule has 1 fully saturated rings. The van der Waals surface area contributed by atoms with Crippen molar-refractivity contribution in [1.82, 2.24) is 24.9 Å². The van der Waals surface area contributed by atoms with Crippen molar-refractivity contribution in [3.05, 3.63) is 46.9 Å². The standard InChI is InChI=1S/C15H14ClN5O2/c1-20-13(6-17-19-20)15(23)7-21(8-15)14(22)12-5-9-4-10(16)2-3-11(9)18-12/h2-6,18,23H,7-8H2,1H3. The number of aryl methyl sites for hydroxylation is 1. The minimum absolute atomic E-state index is 0.155. The number of H-pyrrole nitrogens is 1. The minimum Gasteiger partial charge on any atom is -0.380 e. The number of β-amino-alcohol motifs (C(OH)–C–C–N with tert-alkyl or cyclic N) is 1. The molecule has 7 nitrogen and oxygen atoms in total. The summed E-state index contributed by atoms with van der Waals surface area (Å²) in [6.45, 7) is 0.423. The van der Waals surface area contributed by atoms with E-state index < -0.39 is 5.60 Å². The second-order valence-corrected chi connectivity index (χ2v) is 6.29. The van der Waals surface area contributed by atoms with E-state index >= 15 is 0 Å². The van der Waals surface area contributed by atoms with E-state index in [0.29, 0.717) is 16.4 Å². The Morgan fingerprint density at radius 1 is 1.39 bits per heavy atom. The van der Waals surface area contributed by atoms with E-state index in [-0.39, 0.29) is 19.0 Å². The summed E-state index contributed by atoms with van der Waals surface area (Å²) in [6.07, 6.45) is 1.52. The molecular formula is C15H14ClN5O2. The third kappa shape index (κ3) is 2.20. The molecule has 2 aromatic heterocycles. The van der Waals surface area contributed by atoms with Crippen LogP contribution in [0, 0.1) is 0 Å². The summed E-state index contributed by atoms with van der Waals surface area (Å²) in [4.78, 5) is 17.2. The van der Waals surface area contributed by atoms with Gasteiger partial charge in [0.2, 0.25) is 0 Å². The van der Waals surface area contributed by atoms with Gasteiger partial charge in [-0.05, 0) is 24.3 Å². The molecule has 0 spiro atoms. The number of halogens is 1. The predicted octanol–water partition coefficient (Wildman–Crippen LogP) is 1.29. The van der Waals surface area contributed by atoms with Gasteiger partial charge in [0, 0.05) is 23.0 Å². The lowest BCUT2D eigenvalue weighted by Gasteiger charge is -2.45. The predicted molar refractivity (Wildman–Crippen MR) is 84.1 cm³/mol.